The minimum absolute atomic E-state index is 0.0240. The average Bonchev–Trinajstić information content (AvgIpc) is 3.35. The Morgan fingerprint density at radius 3 is 2.44 bits per heavy atom. The molecule has 0 saturated heterocycles. The van der Waals surface area contributed by atoms with Crippen LogP contribution >= 0.6 is 0 Å². The Hall–Kier alpha value is -5.37. The second-order valence-electron chi connectivity index (χ2n) is 8.64. The van der Waals surface area contributed by atoms with Gasteiger partial charge in [-0.3, -0.25) is 29.4 Å². The molecule has 4 rings (SSSR count). The van der Waals surface area contributed by atoms with E-state index in [1.165, 1.54) is 23.7 Å². The summed E-state index contributed by atoms with van der Waals surface area (Å²) >= 11 is 0. The van der Waals surface area contributed by atoms with E-state index in [1.54, 1.807) is 31.3 Å². The lowest BCUT2D eigenvalue weighted by atomic mass is 9.93. The van der Waals surface area contributed by atoms with Crippen LogP contribution in [0.2, 0.25) is 0 Å². The molecule has 3 aromatic rings. The number of aromatic nitrogens is 2. The number of imide groups is 1. The number of hydrogen-bond donors (Lipinski definition) is 0. The molecule has 39 heavy (non-hydrogen) atoms. The lowest BCUT2D eigenvalue weighted by molar-refractivity contribution is -0.384. The molecule has 0 fully saturated rings. The molecule has 1 aromatic heterocycles. The molecule has 2 heterocycles. The zero-order chi connectivity index (χ0) is 28.1. The number of nitriles is 1. The van der Waals surface area contributed by atoms with Gasteiger partial charge in [0, 0.05) is 48.5 Å². The number of carbonyl (C=O) groups is 3. The van der Waals surface area contributed by atoms with Crippen molar-refractivity contribution < 1.29 is 24.0 Å². The van der Waals surface area contributed by atoms with Crippen molar-refractivity contribution in [2.45, 2.75) is 20.3 Å². The summed E-state index contributed by atoms with van der Waals surface area (Å²) in [6, 6.07) is 17.0. The maximum Gasteiger partial charge on any atom is 0.302 e. The molecule has 0 aliphatic carbocycles. The molecular formula is C28H23N5O6. The van der Waals surface area contributed by atoms with Crippen LogP contribution < -0.4 is 0 Å². The molecule has 0 spiro atoms. The minimum atomic E-state index is -0.704. The summed E-state index contributed by atoms with van der Waals surface area (Å²) in [5.74, 6) is -1.76. The van der Waals surface area contributed by atoms with Gasteiger partial charge in [0.15, 0.2) is 0 Å². The smallest absolute Gasteiger partial charge is 0.302 e. The second-order valence-corrected chi connectivity index (χ2v) is 8.64. The normalized spacial score (nSPS) is 14.5. The number of esters is 1. The fourth-order valence-corrected chi connectivity index (χ4v) is 4.10. The van der Waals surface area contributed by atoms with Gasteiger partial charge in [-0.2, -0.15) is 10.4 Å². The molecule has 11 nitrogen and oxygen atoms in total. The standard InChI is InChI=1S/C28H23N5O6/c1-18-24(27(35)31(28(36)25(18)16-29)13-6-14-39-19(2)34)15-21-17-32(22-9-11-23(12-10-22)33(37)38)30-26(21)20-7-4-3-5-8-20/h3-5,7-12,15,17H,6,13-14H2,1-2H3/b24-15+. The largest absolute Gasteiger partial charge is 0.466 e. The van der Waals surface area contributed by atoms with Gasteiger partial charge in [-0.1, -0.05) is 30.3 Å². The first-order valence-corrected chi connectivity index (χ1v) is 11.9. The van der Waals surface area contributed by atoms with Crippen molar-refractivity contribution in [2.24, 2.45) is 0 Å². The van der Waals surface area contributed by atoms with Crippen LogP contribution in [0.1, 0.15) is 25.8 Å². The average molecular weight is 526 g/mol. The van der Waals surface area contributed by atoms with E-state index in [1.807, 2.05) is 36.4 Å². The van der Waals surface area contributed by atoms with Crippen molar-refractivity contribution >= 4 is 29.5 Å². The van der Waals surface area contributed by atoms with Gasteiger partial charge in [-0.15, -0.1) is 0 Å². The number of nitro benzene ring substituents is 1. The first kappa shape index (κ1) is 26.7. The monoisotopic (exact) mass is 525 g/mol. The third-order valence-electron chi connectivity index (χ3n) is 6.07. The van der Waals surface area contributed by atoms with Crippen molar-refractivity contribution in [3.05, 3.63) is 93.2 Å². The Kier molecular flexibility index (Phi) is 7.77. The Labute approximate surface area is 223 Å². The van der Waals surface area contributed by atoms with Crippen LogP contribution in [0, 0.1) is 21.4 Å². The molecular weight excluding hydrogens is 502 g/mol. The predicted molar refractivity (Wildman–Crippen MR) is 140 cm³/mol. The van der Waals surface area contributed by atoms with E-state index >= 15 is 0 Å². The summed E-state index contributed by atoms with van der Waals surface area (Å²) in [5.41, 5.74) is 2.55. The van der Waals surface area contributed by atoms with Crippen LogP contribution in [0.3, 0.4) is 0 Å². The number of non-ortho nitro benzene ring substituents is 1. The Balaban J connectivity index is 1.79. The highest BCUT2D eigenvalue weighted by Gasteiger charge is 2.35. The molecule has 2 aromatic carbocycles. The lowest BCUT2D eigenvalue weighted by Gasteiger charge is -2.27. The number of nitro groups is 1. The number of nitrogens with zero attached hydrogens (tertiary/aromatic N) is 5. The lowest BCUT2D eigenvalue weighted by Crippen LogP contribution is -2.43. The molecule has 2 amide bonds. The van der Waals surface area contributed by atoms with Gasteiger partial charge in [0.05, 0.1) is 22.9 Å². The van der Waals surface area contributed by atoms with Gasteiger partial charge in [0.25, 0.3) is 17.5 Å². The van der Waals surface area contributed by atoms with Gasteiger partial charge in [-0.05, 0) is 37.1 Å². The van der Waals surface area contributed by atoms with Crippen LogP contribution in [0.15, 0.2) is 77.5 Å². The molecule has 0 bridgehead atoms. The van der Waals surface area contributed by atoms with E-state index in [-0.39, 0.29) is 42.0 Å². The van der Waals surface area contributed by atoms with Crippen LogP contribution in [-0.2, 0) is 19.1 Å². The molecule has 0 saturated carbocycles. The van der Waals surface area contributed by atoms with E-state index in [0.29, 0.717) is 16.9 Å². The van der Waals surface area contributed by atoms with Gasteiger partial charge >= 0.3 is 5.97 Å². The molecule has 1 aliphatic heterocycles. The van der Waals surface area contributed by atoms with Gasteiger partial charge in [0.1, 0.15) is 11.6 Å². The molecule has 1 aliphatic rings. The first-order chi connectivity index (χ1) is 18.7. The number of ether oxygens (including phenoxy) is 1. The summed E-state index contributed by atoms with van der Waals surface area (Å²) in [6.07, 6.45) is 3.47. The van der Waals surface area contributed by atoms with Gasteiger partial charge in [0.2, 0.25) is 0 Å². The van der Waals surface area contributed by atoms with Crippen LogP contribution in [0.5, 0.6) is 0 Å². The number of benzene rings is 2. The summed E-state index contributed by atoms with van der Waals surface area (Å²) in [5, 5.41) is 25.4. The molecule has 196 valence electrons. The third kappa shape index (κ3) is 5.65. The zero-order valence-electron chi connectivity index (χ0n) is 21.2. The summed E-state index contributed by atoms with van der Waals surface area (Å²) in [7, 11) is 0. The third-order valence-corrected chi connectivity index (χ3v) is 6.07. The fourth-order valence-electron chi connectivity index (χ4n) is 4.10. The van der Waals surface area contributed by atoms with E-state index < -0.39 is 22.7 Å². The van der Waals surface area contributed by atoms with E-state index in [4.69, 9.17) is 4.74 Å². The number of rotatable bonds is 8. The molecule has 0 N–H and O–H groups in total. The first-order valence-electron chi connectivity index (χ1n) is 11.9. The van der Waals surface area contributed by atoms with Crippen LogP contribution in [0.25, 0.3) is 23.0 Å². The minimum Gasteiger partial charge on any atom is -0.466 e. The van der Waals surface area contributed by atoms with Crippen molar-refractivity contribution in [2.75, 3.05) is 13.2 Å². The quantitative estimate of drug-likeness (QED) is 0.107. The molecule has 0 atom stereocenters. The molecule has 0 radical (unpaired) electrons. The van der Waals surface area contributed by atoms with Crippen molar-refractivity contribution in [1.82, 2.24) is 14.7 Å². The number of amides is 2. The Morgan fingerprint density at radius 1 is 1.13 bits per heavy atom. The Bertz CT molecular complexity index is 1560. The number of carbonyl (C=O) groups excluding carboxylic acids is 3. The zero-order valence-corrected chi connectivity index (χ0v) is 21.2. The highest BCUT2D eigenvalue weighted by molar-refractivity contribution is 6.19. The van der Waals surface area contributed by atoms with Crippen molar-refractivity contribution in [1.29, 1.82) is 5.26 Å². The molecule has 0 unspecified atom stereocenters. The van der Waals surface area contributed by atoms with E-state index in [9.17, 15) is 29.8 Å². The van der Waals surface area contributed by atoms with Crippen molar-refractivity contribution in [3.8, 4) is 23.0 Å². The number of hydrogen-bond acceptors (Lipinski definition) is 8. The summed E-state index contributed by atoms with van der Waals surface area (Å²) in [4.78, 5) is 48.9. The SMILES string of the molecule is CC(=O)OCCCN1C(=O)C(C#N)=C(C)/C(=C\c2cn(-c3ccc([N+](=O)[O-])cc3)nc2-c2ccccc2)C1=O. The van der Waals surface area contributed by atoms with Gasteiger partial charge in [-0.25, -0.2) is 4.68 Å². The highest BCUT2D eigenvalue weighted by Crippen LogP contribution is 2.31. The summed E-state index contributed by atoms with van der Waals surface area (Å²) < 4.78 is 6.44. The maximum atomic E-state index is 13.5. The van der Waals surface area contributed by atoms with Crippen molar-refractivity contribution in [3.63, 3.8) is 0 Å². The topological polar surface area (TPSA) is 148 Å². The van der Waals surface area contributed by atoms with E-state index in [0.717, 1.165) is 10.5 Å². The van der Waals surface area contributed by atoms with Crippen LogP contribution in [-0.4, -0.2) is 50.5 Å². The molecule has 11 heteroatoms. The fraction of sp³-hybridized carbons (Fsp3) is 0.179. The predicted octanol–water partition coefficient (Wildman–Crippen LogP) is 3.99. The summed E-state index contributed by atoms with van der Waals surface area (Å²) in [6.45, 7) is 2.79. The van der Waals surface area contributed by atoms with Gasteiger partial charge < -0.3 is 4.74 Å². The maximum absolute atomic E-state index is 13.5. The van der Waals surface area contributed by atoms with Crippen LogP contribution in [0.4, 0.5) is 5.69 Å². The van der Waals surface area contributed by atoms with E-state index in [2.05, 4.69) is 5.10 Å². The second kappa shape index (κ2) is 11.4. The Morgan fingerprint density at radius 2 is 1.82 bits per heavy atom. The highest BCUT2D eigenvalue weighted by atomic mass is 16.6.